The molecule has 0 aliphatic heterocycles. The van der Waals surface area contributed by atoms with E-state index in [-0.39, 0.29) is 35.4 Å². The molecule has 0 radical (unpaired) electrons. The summed E-state index contributed by atoms with van der Waals surface area (Å²) in [6.07, 6.45) is 2.81. The van der Waals surface area contributed by atoms with E-state index in [9.17, 15) is 9.90 Å². The van der Waals surface area contributed by atoms with Gasteiger partial charge in [0.25, 0.3) is 0 Å². The highest BCUT2D eigenvalue weighted by atomic mass is 35.5. The van der Waals surface area contributed by atoms with E-state index < -0.39 is 0 Å². The van der Waals surface area contributed by atoms with Crippen molar-refractivity contribution in [1.82, 2.24) is 14.4 Å². The van der Waals surface area contributed by atoms with E-state index in [0.717, 1.165) is 0 Å². The van der Waals surface area contributed by atoms with Gasteiger partial charge < -0.3 is 9.84 Å². The Morgan fingerprint density at radius 3 is 2.52 bits per heavy atom. The molecule has 0 fully saturated rings. The minimum atomic E-state index is -0.362. The molecule has 0 bridgehead atoms. The first-order valence-electron chi connectivity index (χ1n) is 7.13. The van der Waals surface area contributed by atoms with E-state index in [1.165, 1.54) is 23.9 Å². The van der Waals surface area contributed by atoms with Gasteiger partial charge in [0.1, 0.15) is 10.8 Å². The molecule has 9 heteroatoms. The SMILES string of the molecule is COc1ccc(C(=O)Cc2c(Cl)cncc2Cl)n2c(Cl)c(CO)nc12. The molecule has 1 N–H and O–H groups in total. The van der Waals surface area contributed by atoms with Crippen LogP contribution >= 0.6 is 34.8 Å². The van der Waals surface area contributed by atoms with Gasteiger partial charge in [0.05, 0.1) is 29.5 Å². The molecule has 0 aliphatic carbocycles. The Kier molecular flexibility index (Phi) is 5.15. The lowest BCUT2D eigenvalue weighted by atomic mass is 10.1. The highest BCUT2D eigenvalue weighted by Gasteiger charge is 2.21. The summed E-state index contributed by atoms with van der Waals surface area (Å²) in [5, 5.41) is 10.1. The molecule has 3 heterocycles. The first kappa shape index (κ1) is 17.9. The molecule has 130 valence electrons. The van der Waals surface area contributed by atoms with Crippen molar-refractivity contribution < 1.29 is 14.6 Å². The summed E-state index contributed by atoms with van der Waals surface area (Å²) in [7, 11) is 1.48. The number of nitrogens with zero attached hydrogens (tertiary/aromatic N) is 3. The van der Waals surface area contributed by atoms with Crippen molar-refractivity contribution in [3.63, 3.8) is 0 Å². The molecule has 0 aromatic carbocycles. The Balaban J connectivity index is 2.12. The van der Waals surface area contributed by atoms with E-state index in [2.05, 4.69) is 9.97 Å². The first-order chi connectivity index (χ1) is 12.0. The van der Waals surface area contributed by atoms with Gasteiger partial charge in [-0.25, -0.2) is 4.98 Å². The van der Waals surface area contributed by atoms with Crippen LogP contribution in [0.25, 0.3) is 5.65 Å². The lowest BCUT2D eigenvalue weighted by molar-refractivity contribution is 0.0987. The van der Waals surface area contributed by atoms with Crippen LogP contribution < -0.4 is 4.74 Å². The predicted octanol–water partition coefficient (Wildman–Crippen LogP) is 3.62. The Morgan fingerprint density at radius 1 is 1.24 bits per heavy atom. The van der Waals surface area contributed by atoms with E-state index in [0.29, 0.717) is 27.0 Å². The Labute approximate surface area is 157 Å². The average Bonchev–Trinajstić information content (AvgIpc) is 2.94. The maximum absolute atomic E-state index is 12.8. The maximum atomic E-state index is 12.8. The number of ether oxygens (including phenoxy) is 1. The Hall–Kier alpha value is -1.86. The number of fused-ring (bicyclic) bond motifs is 1. The molecule has 3 aromatic heterocycles. The van der Waals surface area contributed by atoms with Crippen molar-refractivity contribution in [1.29, 1.82) is 0 Å². The number of imidazole rings is 1. The first-order valence-corrected chi connectivity index (χ1v) is 8.27. The van der Waals surface area contributed by atoms with Crippen LogP contribution in [0.15, 0.2) is 24.5 Å². The summed E-state index contributed by atoms with van der Waals surface area (Å²) >= 11 is 18.4. The number of aliphatic hydroxyl groups is 1. The monoisotopic (exact) mass is 399 g/mol. The number of hydrogen-bond donors (Lipinski definition) is 1. The summed E-state index contributed by atoms with van der Waals surface area (Å²) in [6, 6.07) is 3.19. The van der Waals surface area contributed by atoms with Gasteiger partial charge in [-0.2, -0.15) is 0 Å². The van der Waals surface area contributed by atoms with Crippen LogP contribution in [0.3, 0.4) is 0 Å². The molecule has 0 spiro atoms. The van der Waals surface area contributed by atoms with Crippen LogP contribution in [-0.4, -0.2) is 32.4 Å². The average molecular weight is 401 g/mol. The molecule has 25 heavy (non-hydrogen) atoms. The van der Waals surface area contributed by atoms with Crippen LogP contribution in [0.1, 0.15) is 21.7 Å². The van der Waals surface area contributed by atoms with Gasteiger partial charge in [-0.3, -0.25) is 14.2 Å². The molecule has 0 saturated carbocycles. The zero-order chi connectivity index (χ0) is 18.1. The van der Waals surface area contributed by atoms with E-state index >= 15 is 0 Å². The number of carbonyl (C=O) groups excluding carboxylic acids is 1. The van der Waals surface area contributed by atoms with Gasteiger partial charge in [0, 0.05) is 24.4 Å². The Morgan fingerprint density at radius 2 is 1.92 bits per heavy atom. The molecule has 0 aliphatic rings. The maximum Gasteiger partial charge on any atom is 0.184 e. The highest BCUT2D eigenvalue weighted by molar-refractivity contribution is 6.36. The van der Waals surface area contributed by atoms with Crippen molar-refractivity contribution in [3.8, 4) is 5.75 Å². The third-order valence-corrected chi connectivity index (χ3v) is 4.72. The number of aliphatic hydroxyl groups excluding tert-OH is 1. The zero-order valence-corrected chi connectivity index (χ0v) is 15.2. The van der Waals surface area contributed by atoms with Crippen LogP contribution in [0.2, 0.25) is 15.2 Å². The number of aromatic nitrogens is 3. The van der Waals surface area contributed by atoms with Crippen molar-refractivity contribution in [2.45, 2.75) is 13.0 Å². The van der Waals surface area contributed by atoms with Crippen LogP contribution in [-0.2, 0) is 13.0 Å². The van der Waals surface area contributed by atoms with Crippen molar-refractivity contribution >= 4 is 46.2 Å². The number of methoxy groups -OCH3 is 1. The fourth-order valence-electron chi connectivity index (χ4n) is 2.47. The second-order valence-corrected chi connectivity index (χ2v) is 6.31. The fourth-order valence-corrected chi connectivity index (χ4v) is 3.24. The number of halogens is 3. The van der Waals surface area contributed by atoms with Crippen molar-refractivity contribution in [2.75, 3.05) is 7.11 Å². The number of pyridine rings is 2. The summed E-state index contributed by atoms with van der Waals surface area (Å²) in [5.74, 6) is 0.157. The summed E-state index contributed by atoms with van der Waals surface area (Å²) < 4.78 is 6.69. The number of rotatable bonds is 5. The Bertz CT molecular complexity index is 952. The van der Waals surface area contributed by atoms with Crippen LogP contribution in [0.4, 0.5) is 0 Å². The van der Waals surface area contributed by atoms with Gasteiger partial charge in [-0.05, 0) is 12.1 Å². The number of ketones is 1. The number of hydrogen-bond acceptors (Lipinski definition) is 5. The van der Waals surface area contributed by atoms with E-state index in [4.69, 9.17) is 39.5 Å². The lowest BCUT2D eigenvalue weighted by Crippen LogP contribution is -2.11. The smallest absolute Gasteiger partial charge is 0.184 e. The predicted molar refractivity (Wildman–Crippen MR) is 95.0 cm³/mol. The molecule has 6 nitrogen and oxygen atoms in total. The summed E-state index contributed by atoms with van der Waals surface area (Å²) in [5.41, 5.74) is 1.34. The molecule has 0 unspecified atom stereocenters. The molecule has 0 saturated heterocycles. The van der Waals surface area contributed by atoms with Crippen LogP contribution in [0, 0.1) is 0 Å². The van der Waals surface area contributed by atoms with Crippen molar-refractivity contribution in [3.05, 3.63) is 56.7 Å². The third kappa shape index (κ3) is 3.18. The number of Topliss-reactive ketones (excluding diaryl/α,β-unsaturated/α-hetero) is 1. The molecule has 0 atom stereocenters. The highest BCUT2D eigenvalue weighted by Crippen LogP contribution is 2.29. The second-order valence-electron chi connectivity index (χ2n) is 5.14. The minimum absolute atomic E-state index is 0.0371. The second kappa shape index (κ2) is 7.17. The summed E-state index contributed by atoms with van der Waals surface area (Å²) in [6.45, 7) is -0.362. The summed E-state index contributed by atoms with van der Waals surface area (Å²) in [4.78, 5) is 20.9. The van der Waals surface area contributed by atoms with E-state index in [1.807, 2.05) is 0 Å². The molecule has 3 aromatic rings. The minimum Gasteiger partial charge on any atom is -0.493 e. The van der Waals surface area contributed by atoms with Gasteiger partial charge in [-0.15, -0.1) is 0 Å². The van der Waals surface area contributed by atoms with Gasteiger partial charge in [0.15, 0.2) is 17.2 Å². The zero-order valence-electron chi connectivity index (χ0n) is 13.0. The normalized spacial score (nSPS) is 11.1. The number of carbonyl (C=O) groups is 1. The fraction of sp³-hybridized carbons (Fsp3) is 0.188. The standard InChI is InChI=1S/C16H12Cl3N3O3/c1-25-14-3-2-12(22-15(19)11(7-23)21-16(14)22)13(24)4-8-9(17)5-20-6-10(8)18/h2-3,5-6,23H,4,7H2,1H3. The van der Waals surface area contributed by atoms with Crippen LogP contribution in [0.5, 0.6) is 5.75 Å². The quantitative estimate of drug-likeness (QED) is 0.662. The largest absolute Gasteiger partial charge is 0.493 e. The van der Waals surface area contributed by atoms with E-state index in [1.54, 1.807) is 12.1 Å². The molecule has 3 rings (SSSR count). The topological polar surface area (TPSA) is 76.7 Å². The molecular formula is C16H12Cl3N3O3. The van der Waals surface area contributed by atoms with Gasteiger partial charge >= 0.3 is 0 Å². The molecule has 0 amide bonds. The lowest BCUT2D eigenvalue weighted by Gasteiger charge is -2.10. The van der Waals surface area contributed by atoms with Gasteiger partial charge in [0.2, 0.25) is 0 Å². The third-order valence-electron chi connectivity index (χ3n) is 3.69. The van der Waals surface area contributed by atoms with Gasteiger partial charge in [-0.1, -0.05) is 34.8 Å². The molecular weight excluding hydrogens is 389 g/mol. The van der Waals surface area contributed by atoms with Crippen molar-refractivity contribution in [2.24, 2.45) is 0 Å².